The second-order valence-electron chi connectivity index (χ2n) is 5.73. The van der Waals surface area contributed by atoms with Gasteiger partial charge in [-0.25, -0.2) is 0 Å². The van der Waals surface area contributed by atoms with Gasteiger partial charge < -0.3 is 9.80 Å². The first kappa shape index (κ1) is 22.9. The highest BCUT2D eigenvalue weighted by Gasteiger charge is 2.21. The lowest BCUT2D eigenvalue weighted by molar-refractivity contribution is 0.130. The molecular formula is C19H42N2. The maximum absolute atomic E-state index is 3.00. The van der Waals surface area contributed by atoms with Crippen molar-refractivity contribution in [3.05, 3.63) is 13.2 Å². The van der Waals surface area contributed by atoms with Gasteiger partial charge in [-0.05, 0) is 70.7 Å². The van der Waals surface area contributed by atoms with Crippen LogP contribution in [-0.2, 0) is 0 Å². The maximum Gasteiger partial charge on any atom is 0.00106 e. The van der Waals surface area contributed by atoms with Crippen LogP contribution in [0.15, 0.2) is 13.2 Å². The highest BCUT2D eigenvalue weighted by atomic mass is 15.1. The zero-order chi connectivity index (χ0) is 16.7. The van der Waals surface area contributed by atoms with Gasteiger partial charge in [0.05, 0.1) is 0 Å². The Morgan fingerprint density at radius 1 is 0.810 bits per heavy atom. The zero-order valence-electron chi connectivity index (χ0n) is 15.8. The minimum absolute atomic E-state index is 0.971. The summed E-state index contributed by atoms with van der Waals surface area (Å²) < 4.78 is 0. The number of likely N-dealkylation sites (tertiary alicyclic amines) is 2. The first-order valence-corrected chi connectivity index (χ1v) is 9.15. The van der Waals surface area contributed by atoms with Crippen molar-refractivity contribution in [1.82, 2.24) is 9.80 Å². The van der Waals surface area contributed by atoms with Crippen molar-refractivity contribution in [3.63, 3.8) is 0 Å². The third-order valence-electron chi connectivity index (χ3n) is 4.23. The van der Waals surface area contributed by atoms with Crippen LogP contribution in [0.4, 0.5) is 0 Å². The van der Waals surface area contributed by atoms with Gasteiger partial charge in [-0.15, -0.1) is 13.2 Å². The number of hydrogen-bond acceptors (Lipinski definition) is 2. The summed E-state index contributed by atoms with van der Waals surface area (Å²) in [5.41, 5.74) is 0. The molecule has 2 rings (SSSR count). The molecule has 0 aliphatic carbocycles. The predicted molar refractivity (Wildman–Crippen MR) is 99.0 cm³/mol. The van der Waals surface area contributed by atoms with Crippen molar-refractivity contribution in [2.75, 3.05) is 39.8 Å². The molecule has 0 atom stereocenters. The number of piperidine rings is 2. The van der Waals surface area contributed by atoms with E-state index in [1.165, 1.54) is 58.4 Å². The van der Waals surface area contributed by atoms with E-state index in [2.05, 4.69) is 36.9 Å². The Labute approximate surface area is 135 Å². The van der Waals surface area contributed by atoms with Gasteiger partial charge in [0, 0.05) is 6.54 Å². The van der Waals surface area contributed by atoms with Crippen molar-refractivity contribution < 1.29 is 0 Å². The number of nitrogens with zero attached hydrogens (tertiary/aromatic N) is 2. The van der Waals surface area contributed by atoms with E-state index in [1.807, 2.05) is 27.7 Å². The molecule has 2 heterocycles. The third kappa shape index (κ3) is 11.0. The summed E-state index contributed by atoms with van der Waals surface area (Å²) in [6.45, 7) is 23.1. The van der Waals surface area contributed by atoms with Crippen LogP contribution in [0, 0.1) is 11.8 Å². The molecule has 128 valence electrons. The van der Waals surface area contributed by atoms with Gasteiger partial charge >= 0.3 is 0 Å². The summed E-state index contributed by atoms with van der Waals surface area (Å²) >= 11 is 0. The molecule has 0 amide bonds. The van der Waals surface area contributed by atoms with Crippen LogP contribution < -0.4 is 0 Å². The van der Waals surface area contributed by atoms with Gasteiger partial charge in [0.2, 0.25) is 0 Å². The quantitative estimate of drug-likeness (QED) is 0.668. The second-order valence-corrected chi connectivity index (χ2v) is 5.73. The molecule has 0 aromatic heterocycles. The maximum atomic E-state index is 3.00. The molecular weight excluding hydrogens is 256 g/mol. The molecule has 2 aliphatic heterocycles. The largest absolute Gasteiger partial charge is 0.306 e. The molecule has 21 heavy (non-hydrogen) atoms. The molecule has 2 saturated heterocycles. The Bertz CT molecular complexity index is 170. The fourth-order valence-electron chi connectivity index (χ4n) is 2.85. The highest BCUT2D eigenvalue weighted by molar-refractivity contribution is 4.76. The zero-order valence-corrected chi connectivity index (χ0v) is 15.8. The molecule has 0 unspecified atom stereocenters. The van der Waals surface area contributed by atoms with Crippen LogP contribution in [-0.4, -0.2) is 49.6 Å². The van der Waals surface area contributed by atoms with Gasteiger partial charge in [-0.1, -0.05) is 34.6 Å². The summed E-state index contributed by atoms with van der Waals surface area (Å²) in [6.07, 6.45) is 5.68. The molecule has 2 heteroatoms. The summed E-state index contributed by atoms with van der Waals surface area (Å²) in [4.78, 5) is 5.17. The van der Waals surface area contributed by atoms with Crippen molar-refractivity contribution in [2.24, 2.45) is 11.8 Å². The molecule has 2 fully saturated rings. The molecule has 2 aliphatic rings. The predicted octanol–water partition coefficient (Wildman–Crippen LogP) is 4.91. The lowest BCUT2D eigenvalue weighted by atomic mass is 9.94. The first-order chi connectivity index (χ1) is 10.2. The van der Waals surface area contributed by atoms with Crippen molar-refractivity contribution in [1.29, 1.82) is 0 Å². The normalized spacial score (nSPS) is 21.0. The summed E-state index contributed by atoms with van der Waals surface area (Å²) in [7, 11) is 2.25. The van der Waals surface area contributed by atoms with Gasteiger partial charge in [0.15, 0.2) is 0 Å². The van der Waals surface area contributed by atoms with E-state index in [9.17, 15) is 0 Å². The summed E-state index contributed by atoms with van der Waals surface area (Å²) in [5.74, 6) is 1.95. The first-order valence-electron chi connectivity index (χ1n) is 9.15. The monoisotopic (exact) mass is 298 g/mol. The average Bonchev–Trinajstić information content (AvgIpc) is 2.57. The molecule has 0 aromatic carbocycles. The van der Waals surface area contributed by atoms with E-state index in [-0.39, 0.29) is 0 Å². The van der Waals surface area contributed by atoms with Crippen molar-refractivity contribution >= 4 is 0 Å². The minimum atomic E-state index is 0.971. The van der Waals surface area contributed by atoms with Gasteiger partial charge in [-0.2, -0.15) is 0 Å². The summed E-state index contributed by atoms with van der Waals surface area (Å²) in [6, 6.07) is 0. The number of rotatable bonds is 2. The molecule has 0 spiro atoms. The van der Waals surface area contributed by atoms with Crippen LogP contribution in [0.5, 0.6) is 0 Å². The molecule has 2 nitrogen and oxygen atoms in total. The second kappa shape index (κ2) is 16.0. The van der Waals surface area contributed by atoms with E-state index < -0.39 is 0 Å². The van der Waals surface area contributed by atoms with Crippen LogP contribution in [0.3, 0.4) is 0 Å². The minimum Gasteiger partial charge on any atom is -0.306 e. The van der Waals surface area contributed by atoms with Crippen LogP contribution in [0.25, 0.3) is 0 Å². The SMILES string of the molecule is C=C.CC.CC.CC1CCN(CC2CCN(C)CC2)CC1. The number of hydrogen-bond donors (Lipinski definition) is 0. The molecule has 0 aromatic rings. The highest BCUT2D eigenvalue weighted by Crippen LogP contribution is 2.21. The standard InChI is InChI=1S/C13H26N2.2C2H6.C2H4/c1-12-3-9-15(10-4-12)11-13-5-7-14(2)8-6-13;3*1-2/h12-13H,3-11H2,1-2H3;2*1-2H3;1-2H2. The molecule has 0 radical (unpaired) electrons. The smallest absolute Gasteiger partial charge is 0.00106 e. The van der Waals surface area contributed by atoms with Crippen molar-refractivity contribution in [3.8, 4) is 0 Å². The Kier molecular flexibility index (Phi) is 17.5. The van der Waals surface area contributed by atoms with E-state index in [0.29, 0.717) is 0 Å². The lowest BCUT2D eigenvalue weighted by Crippen LogP contribution is -2.40. The Morgan fingerprint density at radius 3 is 1.67 bits per heavy atom. The van der Waals surface area contributed by atoms with Gasteiger partial charge in [0.1, 0.15) is 0 Å². The topological polar surface area (TPSA) is 6.48 Å². The van der Waals surface area contributed by atoms with Gasteiger partial charge in [-0.3, -0.25) is 0 Å². The van der Waals surface area contributed by atoms with E-state index in [0.717, 1.165) is 11.8 Å². The van der Waals surface area contributed by atoms with E-state index >= 15 is 0 Å². The van der Waals surface area contributed by atoms with E-state index in [4.69, 9.17) is 0 Å². The Morgan fingerprint density at radius 2 is 1.24 bits per heavy atom. The fourth-order valence-corrected chi connectivity index (χ4v) is 2.85. The fraction of sp³-hybridized carbons (Fsp3) is 0.895. The van der Waals surface area contributed by atoms with Gasteiger partial charge in [0.25, 0.3) is 0 Å². The molecule has 0 saturated carbocycles. The Hall–Kier alpha value is -0.340. The third-order valence-corrected chi connectivity index (χ3v) is 4.23. The lowest BCUT2D eigenvalue weighted by Gasteiger charge is -2.36. The summed E-state index contributed by atoms with van der Waals surface area (Å²) in [5, 5.41) is 0. The molecule has 0 N–H and O–H groups in total. The van der Waals surface area contributed by atoms with Crippen LogP contribution in [0.1, 0.15) is 60.3 Å². The Balaban J connectivity index is 0. The average molecular weight is 299 g/mol. The molecule has 0 bridgehead atoms. The van der Waals surface area contributed by atoms with Crippen molar-refractivity contribution in [2.45, 2.75) is 60.3 Å². The van der Waals surface area contributed by atoms with E-state index in [1.54, 1.807) is 0 Å². The van der Waals surface area contributed by atoms with Crippen LogP contribution in [0.2, 0.25) is 0 Å². The van der Waals surface area contributed by atoms with Crippen LogP contribution >= 0.6 is 0 Å².